The summed E-state index contributed by atoms with van der Waals surface area (Å²) in [5.74, 6) is 0.576. The number of carboxylic acids is 1. The zero-order valence-electron chi connectivity index (χ0n) is 19.0. The van der Waals surface area contributed by atoms with E-state index in [0.29, 0.717) is 28.0 Å². The molecule has 0 saturated carbocycles. The molecule has 2 heterocycles. The lowest BCUT2D eigenvalue weighted by atomic mass is 10.1. The van der Waals surface area contributed by atoms with Crippen LogP contribution in [0.3, 0.4) is 0 Å². The second kappa shape index (κ2) is 12.0. The zero-order chi connectivity index (χ0) is 24.8. The van der Waals surface area contributed by atoms with Gasteiger partial charge in [0.25, 0.3) is 0 Å². The third kappa shape index (κ3) is 6.65. The van der Waals surface area contributed by atoms with Crippen molar-refractivity contribution in [3.63, 3.8) is 0 Å². The number of aromatic nitrogens is 3. The molecule has 35 heavy (non-hydrogen) atoms. The van der Waals surface area contributed by atoms with Crippen LogP contribution < -0.4 is 14.8 Å². The molecule has 1 atom stereocenters. The molecule has 2 N–H and O–H groups in total. The fourth-order valence-electron chi connectivity index (χ4n) is 3.56. The number of rotatable bonds is 10. The molecule has 0 unspecified atom stereocenters. The van der Waals surface area contributed by atoms with Crippen LogP contribution in [0.15, 0.2) is 50.5 Å². The van der Waals surface area contributed by atoms with Crippen LogP contribution in [0.25, 0.3) is 11.3 Å². The second-order valence-corrected chi connectivity index (χ2v) is 10.7. The molecule has 3 aromatic rings. The highest BCUT2D eigenvalue weighted by Gasteiger charge is 2.28. The quantitative estimate of drug-likeness (QED) is 0.188. The van der Waals surface area contributed by atoms with Crippen LogP contribution in [-0.2, 0) is 4.79 Å². The van der Waals surface area contributed by atoms with Crippen LogP contribution in [0.1, 0.15) is 44.4 Å². The van der Waals surface area contributed by atoms with E-state index in [1.165, 1.54) is 19.3 Å². The van der Waals surface area contributed by atoms with Crippen LogP contribution >= 0.6 is 43.6 Å². The molecule has 0 amide bonds. The van der Waals surface area contributed by atoms with E-state index in [1.54, 1.807) is 23.9 Å². The fourth-order valence-corrected chi connectivity index (χ4v) is 5.08. The molecular formula is C24H24Br2N4O4S. The average molecular weight is 624 g/mol. The van der Waals surface area contributed by atoms with Gasteiger partial charge in [-0.1, -0.05) is 69.8 Å². The van der Waals surface area contributed by atoms with Gasteiger partial charge in [0.1, 0.15) is 5.75 Å². The van der Waals surface area contributed by atoms with Crippen molar-refractivity contribution in [1.29, 1.82) is 0 Å². The lowest BCUT2D eigenvalue weighted by Gasteiger charge is -2.22. The summed E-state index contributed by atoms with van der Waals surface area (Å²) in [6.07, 6.45) is 3.95. The number of unbranched alkanes of at least 4 members (excludes halogenated alkanes) is 3. The molecule has 1 aliphatic rings. The van der Waals surface area contributed by atoms with E-state index in [1.807, 2.05) is 24.3 Å². The van der Waals surface area contributed by atoms with Crippen molar-refractivity contribution in [2.75, 3.05) is 17.7 Å². The molecule has 8 nitrogen and oxygen atoms in total. The van der Waals surface area contributed by atoms with Crippen LogP contribution in [0.2, 0.25) is 0 Å². The molecule has 0 radical (unpaired) electrons. The van der Waals surface area contributed by atoms with Gasteiger partial charge < -0.3 is 19.9 Å². The Balaban J connectivity index is 1.70. The molecule has 2 aromatic carbocycles. The summed E-state index contributed by atoms with van der Waals surface area (Å²) in [6, 6.07) is 11.1. The maximum atomic E-state index is 11.1. The molecular weight excluding hydrogens is 600 g/mol. The Morgan fingerprint density at radius 1 is 1.14 bits per heavy atom. The maximum Gasteiger partial charge on any atom is 0.341 e. The number of carbonyl (C=O) groups is 1. The Kier molecular flexibility index (Phi) is 8.85. The first kappa shape index (κ1) is 25.7. The number of hydrogen-bond donors (Lipinski definition) is 2. The van der Waals surface area contributed by atoms with E-state index >= 15 is 0 Å². The van der Waals surface area contributed by atoms with Crippen molar-refractivity contribution in [1.82, 2.24) is 15.2 Å². The Morgan fingerprint density at radius 2 is 1.94 bits per heavy atom. The maximum absolute atomic E-state index is 11.1. The van der Waals surface area contributed by atoms with Gasteiger partial charge in [0, 0.05) is 25.9 Å². The van der Waals surface area contributed by atoms with E-state index in [9.17, 15) is 4.79 Å². The van der Waals surface area contributed by atoms with Crippen LogP contribution in [0.5, 0.6) is 11.6 Å². The molecule has 1 aromatic heterocycles. The number of ether oxygens (including phenoxy) is 2. The summed E-state index contributed by atoms with van der Waals surface area (Å²) in [6.45, 7) is 1.72. The van der Waals surface area contributed by atoms with Crippen LogP contribution in [0, 0.1) is 0 Å². The first-order chi connectivity index (χ1) is 16.9. The van der Waals surface area contributed by atoms with Gasteiger partial charge in [0.15, 0.2) is 12.3 Å². The van der Waals surface area contributed by atoms with Gasteiger partial charge in [0.05, 0.1) is 5.56 Å². The minimum absolute atomic E-state index is 0.342. The van der Waals surface area contributed by atoms with E-state index in [0.717, 1.165) is 32.4 Å². The molecule has 4 rings (SSSR count). The monoisotopic (exact) mass is 622 g/mol. The summed E-state index contributed by atoms with van der Waals surface area (Å²) < 4.78 is 13.6. The van der Waals surface area contributed by atoms with E-state index in [4.69, 9.17) is 14.6 Å². The third-order valence-corrected chi connectivity index (χ3v) is 7.13. The Hall–Kier alpha value is -2.37. The minimum Gasteiger partial charge on any atom is -0.481 e. The summed E-state index contributed by atoms with van der Waals surface area (Å²) in [5, 5.41) is 21.8. The number of anilines is 1. The number of aliphatic carboxylic acids is 1. The summed E-state index contributed by atoms with van der Waals surface area (Å²) in [4.78, 5) is 15.8. The number of thioether (sulfide) groups is 1. The number of fused-ring (bicyclic) bond motifs is 3. The Morgan fingerprint density at radius 3 is 2.74 bits per heavy atom. The van der Waals surface area contributed by atoms with Gasteiger partial charge in [-0.25, -0.2) is 4.79 Å². The number of benzene rings is 2. The predicted octanol–water partition coefficient (Wildman–Crippen LogP) is 6.70. The molecule has 184 valence electrons. The fraction of sp³-hybridized carbons (Fsp3) is 0.333. The molecule has 11 heteroatoms. The highest BCUT2D eigenvalue weighted by Crippen LogP contribution is 2.42. The number of halogens is 2. The van der Waals surface area contributed by atoms with E-state index in [-0.39, 0.29) is 0 Å². The standard InChI is InChI=1S/C24H24Br2N4O4S/c1-2-3-4-5-10-35-24-28-23-21(29-30-24)16-11-14(25)6-8-18(16)27-22(34-23)17-12-15(26)7-9-19(17)33-13-20(31)32/h6-9,11-12,22,27H,2-5,10,13H2,1H3,(H,31,32)/t22-/m1/s1. The van der Waals surface area contributed by atoms with Gasteiger partial charge in [0.2, 0.25) is 17.3 Å². The third-order valence-electron chi connectivity index (χ3n) is 5.22. The summed E-state index contributed by atoms with van der Waals surface area (Å²) >= 11 is 8.58. The first-order valence-electron chi connectivity index (χ1n) is 11.2. The van der Waals surface area contributed by atoms with Crippen molar-refractivity contribution >= 4 is 55.3 Å². The van der Waals surface area contributed by atoms with Gasteiger partial charge in [-0.05, 0) is 42.8 Å². The molecule has 1 aliphatic heterocycles. The molecule has 0 spiro atoms. The normalized spacial score (nSPS) is 14.2. The Labute approximate surface area is 224 Å². The second-order valence-electron chi connectivity index (χ2n) is 7.85. The van der Waals surface area contributed by atoms with Gasteiger partial charge >= 0.3 is 5.97 Å². The summed E-state index contributed by atoms with van der Waals surface area (Å²) in [5.41, 5.74) is 2.71. The largest absolute Gasteiger partial charge is 0.481 e. The van der Waals surface area contributed by atoms with Gasteiger partial charge in [-0.15, -0.1) is 10.2 Å². The number of carboxylic acid groups (broad SMARTS) is 1. The highest BCUT2D eigenvalue weighted by molar-refractivity contribution is 9.10. The molecule has 0 fully saturated rings. The number of hydrogen-bond acceptors (Lipinski definition) is 8. The smallest absolute Gasteiger partial charge is 0.341 e. The summed E-state index contributed by atoms with van der Waals surface area (Å²) in [7, 11) is 0. The minimum atomic E-state index is -1.06. The lowest BCUT2D eigenvalue weighted by molar-refractivity contribution is -0.139. The SMILES string of the molecule is CCCCCCSc1nnc2c(n1)O[C@H](c1cc(Br)ccc1OCC(=O)O)Nc1ccc(Br)cc1-2. The average Bonchev–Trinajstić information content (AvgIpc) is 2.99. The Bertz CT molecular complexity index is 1210. The van der Waals surface area contributed by atoms with Crippen molar-refractivity contribution < 1.29 is 19.4 Å². The number of nitrogens with one attached hydrogen (secondary N) is 1. The van der Waals surface area contributed by atoms with Gasteiger partial charge in [-0.2, -0.15) is 4.98 Å². The van der Waals surface area contributed by atoms with E-state index < -0.39 is 18.8 Å². The van der Waals surface area contributed by atoms with E-state index in [2.05, 4.69) is 59.3 Å². The highest BCUT2D eigenvalue weighted by atomic mass is 79.9. The predicted molar refractivity (Wildman–Crippen MR) is 142 cm³/mol. The molecule has 0 aliphatic carbocycles. The molecule has 0 saturated heterocycles. The van der Waals surface area contributed by atoms with Gasteiger partial charge in [-0.3, -0.25) is 0 Å². The van der Waals surface area contributed by atoms with Crippen LogP contribution in [-0.4, -0.2) is 38.6 Å². The van der Waals surface area contributed by atoms with Crippen molar-refractivity contribution in [3.05, 3.63) is 50.9 Å². The first-order valence-corrected chi connectivity index (χ1v) is 13.8. The van der Waals surface area contributed by atoms with Crippen LogP contribution in [0.4, 0.5) is 5.69 Å². The zero-order valence-corrected chi connectivity index (χ0v) is 23.0. The topological polar surface area (TPSA) is 106 Å². The lowest BCUT2D eigenvalue weighted by Crippen LogP contribution is -2.19. The molecule has 0 bridgehead atoms. The van der Waals surface area contributed by atoms with Crippen molar-refractivity contribution in [2.45, 2.75) is 44.0 Å². The number of nitrogens with zero attached hydrogens (tertiary/aromatic N) is 3. The van der Waals surface area contributed by atoms with Crippen molar-refractivity contribution in [2.24, 2.45) is 0 Å². The van der Waals surface area contributed by atoms with Crippen molar-refractivity contribution in [3.8, 4) is 22.9 Å².